The second kappa shape index (κ2) is 10.4. The standard InChI is InChI=1S/C27H24Cl2N4OS2/c1-15(2)35-26-25(19-10-11-21(28)22(29)13-19)30-27(36-26)33-14-20(16(3)31-33)24-17(4)34-32-23(24)12-18-8-6-5-7-9-18/h5-11,13-15H,12H2,1-4H3. The lowest BCUT2D eigenvalue weighted by molar-refractivity contribution is 0.392. The third-order valence-corrected chi connectivity index (χ3v) is 8.63. The number of thioether (sulfide) groups is 1. The molecule has 0 fully saturated rings. The van der Waals surface area contributed by atoms with Crippen LogP contribution in [0.5, 0.6) is 0 Å². The monoisotopic (exact) mass is 554 g/mol. The average Bonchev–Trinajstić information content (AvgIpc) is 3.53. The van der Waals surface area contributed by atoms with Gasteiger partial charge in [-0.1, -0.05) is 89.9 Å². The van der Waals surface area contributed by atoms with Crippen molar-refractivity contribution in [2.24, 2.45) is 0 Å². The van der Waals surface area contributed by atoms with Gasteiger partial charge < -0.3 is 4.52 Å². The van der Waals surface area contributed by atoms with Gasteiger partial charge in [0.25, 0.3) is 0 Å². The van der Waals surface area contributed by atoms with Crippen molar-refractivity contribution < 1.29 is 4.52 Å². The predicted octanol–water partition coefficient (Wildman–Crippen LogP) is 8.67. The number of thiazole rings is 1. The first-order valence-corrected chi connectivity index (χ1v) is 13.9. The first kappa shape index (κ1) is 25.1. The fraction of sp³-hybridized carbons (Fsp3) is 0.222. The molecule has 9 heteroatoms. The van der Waals surface area contributed by atoms with Crippen LogP contribution >= 0.6 is 46.3 Å². The molecule has 5 nitrogen and oxygen atoms in total. The van der Waals surface area contributed by atoms with Crippen molar-refractivity contribution in [3.8, 4) is 27.5 Å². The molecule has 0 aliphatic rings. The fourth-order valence-electron chi connectivity index (χ4n) is 3.99. The summed E-state index contributed by atoms with van der Waals surface area (Å²) in [6.07, 6.45) is 2.71. The molecule has 5 rings (SSSR count). The van der Waals surface area contributed by atoms with Gasteiger partial charge in [0.15, 0.2) is 0 Å². The minimum atomic E-state index is 0.398. The molecule has 0 saturated heterocycles. The first-order valence-electron chi connectivity index (χ1n) is 11.5. The van der Waals surface area contributed by atoms with Crippen LogP contribution in [-0.4, -0.2) is 25.2 Å². The van der Waals surface area contributed by atoms with Gasteiger partial charge in [-0.15, -0.1) is 11.8 Å². The number of hydrogen-bond donors (Lipinski definition) is 0. The van der Waals surface area contributed by atoms with E-state index in [1.165, 1.54) is 5.56 Å². The Morgan fingerprint density at radius 3 is 2.56 bits per heavy atom. The molecule has 0 atom stereocenters. The molecule has 0 N–H and O–H groups in total. The molecule has 0 aliphatic heterocycles. The van der Waals surface area contributed by atoms with Crippen molar-refractivity contribution in [3.63, 3.8) is 0 Å². The number of aromatic nitrogens is 4. The van der Waals surface area contributed by atoms with E-state index in [-0.39, 0.29) is 0 Å². The highest BCUT2D eigenvalue weighted by Crippen LogP contribution is 2.41. The number of halogens is 2. The van der Waals surface area contributed by atoms with E-state index < -0.39 is 0 Å². The minimum Gasteiger partial charge on any atom is -0.361 e. The third-order valence-electron chi connectivity index (χ3n) is 5.63. The molecule has 0 saturated carbocycles. The minimum absolute atomic E-state index is 0.398. The van der Waals surface area contributed by atoms with Gasteiger partial charge in [0.05, 0.1) is 36.9 Å². The summed E-state index contributed by atoms with van der Waals surface area (Å²) < 4.78 is 8.57. The summed E-state index contributed by atoms with van der Waals surface area (Å²) >= 11 is 15.9. The quantitative estimate of drug-likeness (QED) is 0.188. The maximum atomic E-state index is 6.32. The molecule has 3 aromatic heterocycles. The second-order valence-electron chi connectivity index (χ2n) is 8.72. The Kier molecular flexibility index (Phi) is 7.26. The van der Waals surface area contributed by atoms with E-state index in [1.807, 2.05) is 55.1 Å². The third kappa shape index (κ3) is 5.11. The zero-order valence-corrected chi connectivity index (χ0v) is 23.4. The molecule has 3 heterocycles. The van der Waals surface area contributed by atoms with Crippen molar-refractivity contribution in [3.05, 3.63) is 87.5 Å². The SMILES string of the molecule is Cc1nn(-c2nc(-c3ccc(Cl)c(Cl)c3)c(SC(C)C)s2)cc1-c1c(Cc2ccccc2)noc1C. The van der Waals surface area contributed by atoms with Gasteiger partial charge in [-0.3, -0.25) is 0 Å². The van der Waals surface area contributed by atoms with E-state index in [0.717, 1.165) is 48.9 Å². The van der Waals surface area contributed by atoms with Gasteiger partial charge >= 0.3 is 0 Å². The van der Waals surface area contributed by atoms with Crippen molar-refractivity contribution in [2.75, 3.05) is 0 Å². The van der Waals surface area contributed by atoms with E-state index >= 15 is 0 Å². The largest absolute Gasteiger partial charge is 0.361 e. The highest BCUT2D eigenvalue weighted by Gasteiger charge is 2.22. The van der Waals surface area contributed by atoms with Gasteiger partial charge in [-0.05, 0) is 31.5 Å². The summed E-state index contributed by atoms with van der Waals surface area (Å²) in [7, 11) is 0. The first-order chi connectivity index (χ1) is 17.3. The smallest absolute Gasteiger partial charge is 0.211 e. The van der Waals surface area contributed by atoms with Crippen LogP contribution in [0.2, 0.25) is 10.0 Å². The number of benzene rings is 2. The molecule has 0 radical (unpaired) electrons. The molecule has 184 valence electrons. The van der Waals surface area contributed by atoms with Gasteiger partial charge in [0.1, 0.15) is 5.76 Å². The van der Waals surface area contributed by atoms with Crippen molar-refractivity contribution >= 4 is 46.3 Å². The second-order valence-corrected chi connectivity index (χ2v) is 12.4. The molecule has 0 bridgehead atoms. The van der Waals surface area contributed by atoms with Gasteiger partial charge in [-0.25, -0.2) is 9.67 Å². The maximum absolute atomic E-state index is 6.32. The lowest BCUT2D eigenvalue weighted by atomic mass is 10.0. The molecule has 2 aromatic carbocycles. The molecule has 36 heavy (non-hydrogen) atoms. The Labute approximate surface area is 228 Å². The Morgan fingerprint density at radius 1 is 1.06 bits per heavy atom. The van der Waals surface area contributed by atoms with Crippen LogP contribution in [0.25, 0.3) is 27.5 Å². The number of hydrogen-bond acceptors (Lipinski definition) is 6. The topological polar surface area (TPSA) is 56.7 Å². The summed E-state index contributed by atoms with van der Waals surface area (Å²) in [6, 6.07) is 15.9. The highest BCUT2D eigenvalue weighted by molar-refractivity contribution is 8.01. The van der Waals surface area contributed by atoms with Crippen molar-refractivity contribution in [1.29, 1.82) is 0 Å². The van der Waals surface area contributed by atoms with E-state index in [1.54, 1.807) is 29.2 Å². The van der Waals surface area contributed by atoms with Crippen LogP contribution in [-0.2, 0) is 6.42 Å². The van der Waals surface area contributed by atoms with E-state index in [0.29, 0.717) is 21.7 Å². The normalized spacial score (nSPS) is 11.5. The van der Waals surface area contributed by atoms with Crippen LogP contribution in [0, 0.1) is 13.8 Å². The Bertz CT molecular complexity index is 1520. The Morgan fingerprint density at radius 2 is 1.83 bits per heavy atom. The predicted molar refractivity (Wildman–Crippen MR) is 150 cm³/mol. The van der Waals surface area contributed by atoms with Crippen LogP contribution in [0.4, 0.5) is 0 Å². The van der Waals surface area contributed by atoms with Gasteiger partial charge in [-0.2, -0.15) is 5.10 Å². The Balaban J connectivity index is 1.55. The summed E-state index contributed by atoms with van der Waals surface area (Å²) in [6.45, 7) is 8.28. The zero-order chi connectivity index (χ0) is 25.4. The van der Waals surface area contributed by atoms with Crippen LogP contribution < -0.4 is 0 Å². The van der Waals surface area contributed by atoms with E-state index in [2.05, 4.69) is 31.1 Å². The summed E-state index contributed by atoms with van der Waals surface area (Å²) in [5.41, 5.74) is 6.75. The maximum Gasteiger partial charge on any atom is 0.211 e. The summed E-state index contributed by atoms with van der Waals surface area (Å²) in [4.78, 5) is 4.98. The van der Waals surface area contributed by atoms with Gasteiger partial charge in [0, 0.05) is 29.0 Å². The molecular formula is C27H24Cl2N4OS2. The highest BCUT2D eigenvalue weighted by atomic mass is 35.5. The van der Waals surface area contributed by atoms with E-state index in [9.17, 15) is 0 Å². The average molecular weight is 556 g/mol. The lowest BCUT2D eigenvalue weighted by Gasteiger charge is -2.05. The van der Waals surface area contributed by atoms with Gasteiger partial charge in [0.2, 0.25) is 5.13 Å². The summed E-state index contributed by atoms with van der Waals surface area (Å²) in [5.74, 6) is 0.773. The molecule has 0 spiro atoms. The molecule has 0 aliphatic carbocycles. The lowest BCUT2D eigenvalue weighted by Crippen LogP contribution is -1.94. The van der Waals surface area contributed by atoms with Crippen LogP contribution in [0.1, 0.15) is 36.6 Å². The number of nitrogens with zero attached hydrogens (tertiary/aromatic N) is 4. The van der Waals surface area contributed by atoms with Crippen LogP contribution in [0.15, 0.2) is 63.5 Å². The molecule has 5 aromatic rings. The zero-order valence-electron chi connectivity index (χ0n) is 20.3. The van der Waals surface area contributed by atoms with E-state index in [4.69, 9.17) is 37.8 Å². The summed E-state index contributed by atoms with van der Waals surface area (Å²) in [5, 5.41) is 11.4. The number of rotatable bonds is 7. The van der Waals surface area contributed by atoms with Crippen molar-refractivity contribution in [2.45, 2.75) is 43.6 Å². The van der Waals surface area contributed by atoms with Crippen LogP contribution in [0.3, 0.4) is 0 Å². The molecule has 0 unspecified atom stereocenters. The molecular weight excluding hydrogens is 531 g/mol. The fourth-order valence-corrected chi connectivity index (χ4v) is 6.73. The number of aryl methyl sites for hydroxylation is 2. The molecule has 0 amide bonds. The Hall–Kier alpha value is -2.58. The van der Waals surface area contributed by atoms with Crippen molar-refractivity contribution in [1.82, 2.24) is 19.9 Å².